The number of hydrogen-bond donors (Lipinski definition) is 1. The lowest BCUT2D eigenvalue weighted by Gasteiger charge is -2.09. The monoisotopic (exact) mass is 372 g/mol. The standard InChI is InChI=1S/C20H16N6O2/c1-14-23-18(26-10-2-3-11-26)12-19(24-14)28-16-6-4-15(5-7-16)25-20(27)17-13-21-8-9-22-17/h2-13H,1H3,(H,25,27). The third-order valence-electron chi connectivity index (χ3n) is 3.80. The van der Waals surface area contributed by atoms with Gasteiger partial charge < -0.3 is 14.6 Å². The zero-order valence-corrected chi connectivity index (χ0v) is 15.0. The molecule has 1 aromatic carbocycles. The molecule has 28 heavy (non-hydrogen) atoms. The van der Waals surface area contributed by atoms with Crippen LogP contribution in [0.15, 0.2) is 73.4 Å². The highest BCUT2D eigenvalue weighted by atomic mass is 16.5. The van der Waals surface area contributed by atoms with Gasteiger partial charge in [-0.1, -0.05) is 0 Å². The van der Waals surface area contributed by atoms with Gasteiger partial charge in [0.15, 0.2) is 0 Å². The Labute approximate surface area is 160 Å². The average Bonchev–Trinajstić information content (AvgIpc) is 3.25. The van der Waals surface area contributed by atoms with E-state index in [1.165, 1.54) is 18.6 Å². The lowest BCUT2D eigenvalue weighted by Crippen LogP contribution is -2.13. The van der Waals surface area contributed by atoms with Crippen molar-refractivity contribution in [3.05, 3.63) is 85.0 Å². The van der Waals surface area contributed by atoms with E-state index in [4.69, 9.17) is 4.74 Å². The van der Waals surface area contributed by atoms with Crippen LogP contribution in [0.25, 0.3) is 5.82 Å². The molecule has 0 spiro atoms. The molecule has 3 aromatic heterocycles. The van der Waals surface area contributed by atoms with Gasteiger partial charge in [-0.2, -0.15) is 4.98 Å². The van der Waals surface area contributed by atoms with E-state index in [1.807, 2.05) is 36.0 Å². The molecule has 0 saturated carbocycles. The summed E-state index contributed by atoms with van der Waals surface area (Å²) in [5, 5.41) is 2.76. The average molecular weight is 372 g/mol. The lowest BCUT2D eigenvalue weighted by atomic mass is 10.3. The molecule has 4 aromatic rings. The number of hydrogen-bond acceptors (Lipinski definition) is 6. The highest BCUT2D eigenvalue weighted by Gasteiger charge is 2.09. The number of benzene rings is 1. The van der Waals surface area contributed by atoms with Gasteiger partial charge in [0, 0.05) is 36.5 Å². The Kier molecular flexibility index (Phi) is 4.75. The zero-order valence-electron chi connectivity index (χ0n) is 15.0. The molecule has 8 heteroatoms. The number of aromatic nitrogens is 5. The van der Waals surface area contributed by atoms with Crippen LogP contribution in [0.2, 0.25) is 0 Å². The predicted octanol–water partition coefficient (Wildman–Crippen LogP) is 3.41. The fourth-order valence-electron chi connectivity index (χ4n) is 2.54. The molecule has 0 aliphatic heterocycles. The second-order valence-corrected chi connectivity index (χ2v) is 5.87. The summed E-state index contributed by atoms with van der Waals surface area (Å²) >= 11 is 0. The van der Waals surface area contributed by atoms with Crippen molar-refractivity contribution >= 4 is 11.6 Å². The number of amides is 1. The van der Waals surface area contributed by atoms with Gasteiger partial charge in [0.25, 0.3) is 5.91 Å². The number of nitrogens with one attached hydrogen (secondary N) is 1. The minimum Gasteiger partial charge on any atom is -0.439 e. The van der Waals surface area contributed by atoms with Crippen LogP contribution < -0.4 is 10.1 Å². The first kappa shape index (κ1) is 17.3. The van der Waals surface area contributed by atoms with E-state index in [9.17, 15) is 4.79 Å². The van der Waals surface area contributed by atoms with Crippen molar-refractivity contribution in [3.63, 3.8) is 0 Å². The maximum absolute atomic E-state index is 12.1. The summed E-state index contributed by atoms with van der Waals surface area (Å²) in [4.78, 5) is 28.7. The van der Waals surface area contributed by atoms with E-state index in [0.717, 1.165) is 5.82 Å². The normalized spacial score (nSPS) is 10.5. The van der Waals surface area contributed by atoms with Crippen molar-refractivity contribution in [2.45, 2.75) is 6.92 Å². The molecule has 3 heterocycles. The maximum atomic E-state index is 12.1. The number of anilines is 1. The van der Waals surface area contributed by atoms with Crippen LogP contribution in [0.3, 0.4) is 0 Å². The van der Waals surface area contributed by atoms with Crippen molar-refractivity contribution < 1.29 is 9.53 Å². The minimum absolute atomic E-state index is 0.247. The van der Waals surface area contributed by atoms with Crippen molar-refractivity contribution in [2.24, 2.45) is 0 Å². The Morgan fingerprint density at radius 1 is 1.07 bits per heavy atom. The van der Waals surface area contributed by atoms with Gasteiger partial charge in [0.1, 0.15) is 23.1 Å². The molecule has 1 amide bonds. The van der Waals surface area contributed by atoms with Gasteiger partial charge in [0.05, 0.1) is 6.20 Å². The summed E-state index contributed by atoms with van der Waals surface area (Å²) in [5.74, 6) is 2.03. The Morgan fingerprint density at radius 2 is 1.86 bits per heavy atom. The molecule has 4 rings (SSSR count). The molecular weight excluding hydrogens is 356 g/mol. The number of rotatable bonds is 5. The third-order valence-corrected chi connectivity index (χ3v) is 3.80. The van der Waals surface area contributed by atoms with Crippen LogP contribution in [0, 0.1) is 6.92 Å². The molecule has 0 unspecified atom stereocenters. The van der Waals surface area contributed by atoms with Crippen LogP contribution in [-0.4, -0.2) is 30.4 Å². The summed E-state index contributed by atoms with van der Waals surface area (Å²) in [6, 6.07) is 12.6. The second-order valence-electron chi connectivity index (χ2n) is 5.87. The minimum atomic E-state index is -0.329. The number of carbonyl (C=O) groups excluding carboxylic acids is 1. The van der Waals surface area contributed by atoms with Gasteiger partial charge in [0.2, 0.25) is 5.88 Å². The number of nitrogens with zero attached hydrogens (tertiary/aromatic N) is 5. The van der Waals surface area contributed by atoms with Crippen LogP contribution in [0.5, 0.6) is 11.6 Å². The van der Waals surface area contributed by atoms with Crippen LogP contribution >= 0.6 is 0 Å². The predicted molar refractivity (Wildman–Crippen MR) is 103 cm³/mol. The summed E-state index contributed by atoms with van der Waals surface area (Å²) in [6.45, 7) is 1.81. The molecule has 0 radical (unpaired) electrons. The van der Waals surface area contributed by atoms with E-state index in [1.54, 1.807) is 30.3 Å². The SMILES string of the molecule is Cc1nc(Oc2ccc(NC(=O)c3cnccn3)cc2)cc(-n2cccc2)n1. The fourth-order valence-corrected chi connectivity index (χ4v) is 2.54. The van der Waals surface area contributed by atoms with Gasteiger partial charge in [-0.3, -0.25) is 9.78 Å². The molecule has 8 nitrogen and oxygen atoms in total. The molecule has 0 saturated heterocycles. The Balaban J connectivity index is 1.47. The number of carbonyl (C=O) groups is 1. The lowest BCUT2D eigenvalue weighted by molar-refractivity contribution is 0.102. The maximum Gasteiger partial charge on any atom is 0.275 e. The van der Waals surface area contributed by atoms with Gasteiger partial charge in [-0.05, 0) is 43.3 Å². The summed E-state index contributed by atoms with van der Waals surface area (Å²) in [6.07, 6.45) is 8.20. The third kappa shape index (κ3) is 4.01. The first-order valence-corrected chi connectivity index (χ1v) is 8.52. The molecule has 0 aliphatic rings. The molecule has 0 atom stereocenters. The second kappa shape index (κ2) is 7.67. The Hall–Kier alpha value is -4.07. The van der Waals surface area contributed by atoms with Crippen LogP contribution in [-0.2, 0) is 0 Å². The molecule has 0 fully saturated rings. The van der Waals surface area contributed by atoms with Crippen molar-refractivity contribution in [1.82, 2.24) is 24.5 Å². The fraction of sp³-hybridized carbons (Fsp3) is 0.0500. The Bertz CT molecular complexity index is 1080. The highest BCUT2D eigenvalue weighted by molar-refractivity contribution is 6.02. The van der Waals surface area contributed by atoms with Crippen molar-refractivity contribution in [2.75, 3.05) is 5.32 Å². The van der Waals surface area contributed by atoms with Crippen LogP contribution in [0.4, 0.5) is 5.69 Å². The highest BCUT2D eigenvalue weighted by Crippen LogP contribution is 2.23. The topological polar surface area (TPSA) is 94.8 Å². The Morgan fingerprint density at radius 3 is 2.57 bits per heavy atom. The summed E-state index contributed by atoms with van der Waals surface area (Å²) in [7, 11) is 0. The van der Waals surface area contributed by atoms with Gasteiger partial charge in [-0.15, -0.1) is 0 Å². The van der Waals surface area contributed by atoms with E-state index < -0.39 is 0 Å². The summed E-state index contributed by atoms with van der Waals surface area (Å²) in [5.41, 5.74) is 0.867. The quantitative estimate of drug-likeness (QED) is 0.577. The first-order chi connectivity index (χ1) is 13.7. The van der Waals surface area contributed by atoms with E-state index in [2.05, 4.69) is 25.3 Å². The van der Waals surface area contributed by atoms with E-state index in [0.29, 0.717) is 23.1 Å². The van der Waals surface area contributed by atoms with Gasteiger partial charge in [-0.25, -0.2) is 9.97 Å². The zero-order chi connectivity index (χ0) is 19.3. The summed E-state index contributed by atoms with van der Waals surface area (Å²) < 4.78 is 7.72. The first-order valence-electron chi connectivity index (χ1n) is 8.52. The molecule has 1 N–H and O–H groups in total. The largest absolute Gasteiger partial charge is 0.439 e. The smallest absolute Gasteiger partial charge is 0.275 e. The number of ether oxygens (including phenoxy) is 1. The van der Waals surface area contributed by atoms with E-state index >= 15 is 0 Å². The van der Waals surface area contributed by atoms with E-state index in [-0.39, 0.29) is 11.6 Å². The molecule has 0 bridgehead atoms. The van der Waals surface area contributed by atoms with Crippen molar-refractivity contribution in [3.8, 4) is 17.4 Å². The number of aryl methyl sites for hydroxylation is 1. The van der Waals surface area contributed by atoms with Crippen LogP contribution in [0.1, 0.15) is 16.3 Å². The van der Waals surface area contributed by atoms with Crippen molar-refractivity contribution in [1.29, 1.82) is 0 Å². The molecule has 138 valence electrons. The van der Waals surface area contributed by atoms with Gasteiger partial charge >= 0.3 is 0 Å². The molecular formula is C20H16N6O2. The molecule has 0 aliphatic carbocycles.